The first kappa shape index (κ1) is 11.7. The summed E-state index contributed by atoms with van der Waals surface area (Å²) in [6, 6.07) is 11.7. The molecular formula is C14H17NO2. The van der Waals surface area contributed by atoms with Gasteiger partial charge in [-0.25, -0.2) is 0 Å². The van der Waals surface area contributed by atoms with E-state index in [1.165, 1.54) is 0 Å². The summed E-state index contributed by atoms with van der Waals surface area (Å²) in [5.74, 6) is 1.88. The Hall–Kier alpha value is -1.74. The summed E-state index contributed by atoms with van der Waals surface area (Å²) < 4.78 is 11.1. The lowest BCUT2D eigenvalue weighted by Crippen LogP contribution is -2.19. The molecule has 0 saturated carbocycles. The van der Waals surface area contributed by atoms with E-state index in [0.717, 1.165) is 17.1 Å². The van der Waals surface area contributed by atoms with Gasteiger partial charge in [0.05, 0.1) is 18.8 Å². The topological polar surface area (TPSA) is 48.4 Å². The maximum Gasteiger partial charge on any atom is 0.122 e. The summed E-state index contributed by atoms with van der Waals surface area (Å²) in [6.45, 7) is 3.08. The highest BCUT2D eigenvalue weighted by Gasteiger charge is 2.13. The second kappa shape index (κ2) is 5.55. The van der Waals surface area contributed by atoms with E-state index in [2.05, 4.69) is 0 Å². The van der Waals surface area contributed by atoms with Gasteiger partial charge >= 0.3 is 0 Å². The molecular weight excluding hydrogens is 214 g/mol. The summed E-state index contributed by atoms with van der Waals surface area (Å²) >= 11 is 0. The third-order valence-electron chi connectivity index (χ3n) is 2.76. The molecule has 1 aromatic heterocycles. The Labute approximate surface area is 101 Å². The van der Waals surface area contributed by atoms with E-state index in [9.17, 15) is 0 Å². The van der Waals surface area contributed by atoms with Crippen LogP contribution in [-0.4, -0.2) is 13.2 Å². The van der Waals surface area contributed by atoms with Gasteiger partial charge in [-0.3, -0.25) is 0 Å². The third kappa shape index (κ3) is 2.88. The number of aryl methyl sites for hydroxylation is 1. The zero-order valence-corrected chi connectivity index (χ0v) is 9.93. The van der Waals surface area contributed by atoms with Crippen LogP contribution in [0.15, 0.2) is 47.1 Å². The molecule has 0 aliphatic rings. The minimum absolute atomic E-state index is 0.101. The molecule has 0 radical (unpaired) electrons. The minimum atomic E-state index is 0.101. The van der Waals surface area contributed by atoms with Crippen LogP contribution in [0.25, 0.3) is 0 Å². The second-order valence-corrected chi connectivity index (χ2v) is 4.02. The highest BCUT2D eigenvalue weighted by Crippen LogP contribution is 2.20. The van der Waals surface area contributed by atoms with Crippen molar-refractivity contribution in [2.45, 2.75) is 12.8 Å². The fourth-order valence-electron chi connectivity index (χ4n) is 1.70. The van der Waals surface area contributed by atoms with E-state index >= 15 is 0 Å². The van der Waals surface area contributed by atoms with Gasteiger partial charge in [0, 0.05) is 6.54 Å². The van der Waals surface area contributed by atoms with Crippen molar-refractivity contribution in [3.8, 4) is 5.75 Å². The molecule has 2 aromatic rings. The van der Waals surface area contributed by atoms with Crippen molar-refractivity contribution >= 4 is 0 Å². The van der Waals surface area contributed by atoms with E-state index in [1.54, 1.807) is 6.26 Å². The molecule has 3 nitrogen and oxygen atoms in total. The van der Waals surface area contributed by atoms with Crippen LogP contribution in [0.2, 0.25) is 0 Å². The Bertz CT molecular complexity index is 451. The molecule has 1 aromatic carbocycles. The predicted molar refractivity (Wildman–Crippen MR) is 67.2 cm³/mol. The van der Waals surface area contributed by atoms with Gasteiger partial charge in [-0.05, 0) is 30.7 Å². The summed E-state index contributed by atoms with van der Waals surface area (Å²) in [5.41, 5.74) is 6.85. The largest absolute Gasteiger partial charge is 0.493 e. The fourth-order valence-corrected chi connectivity index (χ4v) is 1.70. The van der Waals surface area contributed by atoms with E-state index in [1.807, 2.05) is 43.3 Å². The normalized spacial score (nSPS) is 12.4. The highest BCUT2D eigenvalue weighted by molar-refractivity contribution is 5.31. The molecule has 0 spiro atoms. The van der Waals surface area contributed by atoms with Crippen molar-refractivity contribution in [3.05, 3.63) is 54.0 Å². The van der Waals surface area contributed by atoms with Crippen LogP contribution in [-0.2, 0) is 0 Å². The molecule has 0 aliphatic heterocycles. The quantitative estimate of drug-likeness (QED) is 0.860. The number of para-hydroxylation sites is 1. The molecule has 0 bridgehead atoms. The van der Waals surface area contributed by atoms with Gasteiger partial charge in [0.2, 0.25) is 0 Å². The maximum atomic E-state index is 5.77. The SMILES string of the molecule is Cc1ccccc1OCC(CN)c1ccco1. The van der Waals surface area contributed by atoms with Crippen molar-refractivity contribution in [2.75, 3.05) is 13.2 Å². The molecule has 2 N–H and O–H groups in total. The van der Waals surface area contributed by atoms with E-state index < -0.39 is 0 Å². The highest BCUT2D eigenvalue weighted by atomic mass is 16.5. The van der Waals surface area contributed by atoms with Gasteiger partial charge in [0.15, 0.2) is 0 Å². The Morgan fingerprint density at radius 1 is 1.24 bits per heavy atom. The maximum absolute atomic E-state index is 5.77. The van der Waals surface area contributed by atoms with Crippen molar-refractivity contribution < 1.29 is 9.15 Å². The van der Waals surface area contributed by atoms with Crippen LogP contribution in [0.1, 0.15) is 17.2 Å². The molecule has 1 heterocycles. The molecule has 3 heteroatoms. The molecule has 0 amide bonds. The van der Waals surface area contributed by atoms with Gasteiger partial charge in [-0.15, -0.1) is 0 Å². The van der Waals surface area contributed by atoms with Gasteiger partial charge in [-0.2, -0.15) is 0 Å². The van der Waals surface area contributed by atoms with Crippen LogP contribution in [0, 0.1) is 6.92 Å². The fraction of sp³-hybridized carbons (Fsp3) is 0.286. The number of rotatable bonds is 5. The zero-order valence-electron chi connectivity index (χ0n) is 9.93. The molecule has 1 atom stereocenters. The average molecular weight is 231 g/mol. The molecule has 17 heavy (non-hydrogen) atoms. The zero-order chi connectivity index (χ0) is 12.1. The Kier molecular flexibility index (Phi) is 3.83. The minimum Gasteiger partial charge on any atom is -0.493 e. The number of nitrogens with two attached hydrogens (primary N) is 1. The Morgan fingerprint density at radius 2 is 2.06 bits per heavy atom. The molecule has 0 saturated heterocycles. The number of hydrogen-bond acceptors (Lipinski definition) is 3. The summed E-state index contributed by atoms with van der Waals surface area (Å²) in [5, 5.41) is 0. The molecule has 0 fully saturated rings. The van der Waals surface area contributed by atoms with Crippen molar-refractivity contribution in [2.24, 2.45) is 5.73 Å². The number of benzene rings is 1. The monoisotopic (exact) mass is 231 g/mol. The first-order chi connectivity index (χ1) is 8.31. The standard InChI is InChI=1S/C14H17NO2/c1-11-5-2-3-6-13(11)17-10-12(9-15)14-7-4-8-16-14/h2-8,12H,9-10,15H2,1H3. The Morgan fingerprint density at radius 3 is 2.71 bits per heavy atom. The van der Waals surface area contributed by atoms with Crippen LogP contribution in [0.5, 0.6) is 5.75 Å². The molecule has 1 unspecified atom stereocenters. The van der Waals surface area contributed by atoms with Crippen LogP contribution >= 0.6 is 0 Å². The van der Waals surface area contributed by atoms with Crippen molar-refractivity contribution in [1.82, 2.24) is 0 Å². The third-order valence-corrected chi connectivity index (χ3v) is 2.76. The van der Waals surface area contributed by atoms with Gasteiger partial charge < -0.3 is 14.9 Å². The number of hydrogen-bond donors (Lipinski definition) is 1. The first-order valence-corrected chi connectivity index (χ1v) is 5.73. The van der Waals surface area contributed by atoms with Gasteiger partial charge in [0.1, 0.15) is 11.5 Å². The Balaban J connectivity index is 2.00. The van der Waals surface area contributed by atoms with E-state index in [4.69, 9.17) is 14.9 Å². The summed E-state index contributed by atoms with van der Waals surface area (Å²) in [7, 11) is 0. The lowest BCUT2D eigenvalue weighted by Gasteiger charge is -2.14. The molecule has 0 aliphatic carbocycles. The smallest absolute Gasteiger partial charge is 0.122 e. The first-order valence-electron chi connectivity index (χ1n) is 5.73. The second-order valence-electron chi connectivity index (χ2n) is 4.02. The predicted octanol–water partition coefficient (Wildman–Crippen LogP) is 2.71. The van der Waals surface area contributed by atoms with Crippen molar-refractivity contribution in [3.63, 3.8) is 0 Å². The molecule has 90 valence electrons. The van der Waals surface area contributed by atoms with Crippen LogP contribution in [0.3, 0.4) is 0 Å². The van der Waals surface area contributed by atoms with Crippen LogP contribution in [0.4, 0.5) is 0 Å². The lowest BCUT2D eigenvalue weighted by molar-refractivity contribution is 0.271. The summed E-state index contributed by atoms with van der Waals surface area (Å²) in [6.07, 6.45) is 1.66. The lowest BCUT2D eigenvalue weighted by atomic mass is 10.1. The number of furan rings is 1. The molecule has 2 rings (SSSR count). The van der Waals surface area contributed by atoms with Gasteiger partial charge in [-0.1, -0.05) is 18.2 Å². The average Bonchev–Trinajstić information content (AvgIpc) is 2.86. The van der Waals surface area contributed by atoms with Crippen molar-refractivity contribution in [1.29, 1.82) is 0 Å². The number of ether oxygens (including phenoxy) is 1. The van der Waals surface area contributed by atoms with Gasteiger partial charge in [0.25, 0.3) is 0 Å². The van der Waals surface area contributed by atoms with E-state index in [-0.39, 0.29) is 5.92 Å². The summed E-state index contributed by atoms with van der Waals surface area (Å²) in [4.78, 5) is 0. The van der Waals surface area contributed by atoms with E-state index in [0.29, 0.717) is 13.2 Å². The van der Waals surface area contributed by atoms with Crippen LogP contribution < -0.4 is 10.5 Å².